The Labute approximate surface area is 136 Å². The van der Waals surface area contributed by atoms with Gasteiger partial charge < -0.3 is 60.5 Å². The second-order valence-electron chi connectivity index (χ2n) is 5.63. The van der Waals surface area contributed by atoms with Gasteiger partial charge in [-0.25, -0.2) is 0 Å². The lowest BCUT2D eigenvalue weighted by molar-refractivity contribution is -0.310. The van der Waals surface area contributed by atoms with E-state index in [4.69, 9.17) is 24.4 Å². The van der Waals surface area contributed by atoms with Crippen molar-refractivity contribution < 1.29 is 60.5 Å². The van der Waals surface area contributed by atoms with Crippen molar-refractivity contribution in [3.8, 4) is 0 Å². The summed E-state index contributed by atoms with van der Waals surface area (Å²) >= 11 is 0. The summed E-state index contributed by atoms with van der Waals surface area (Å²) in [5, 5.41) is 76.1. The maximum Gasteiger partial charge on any atom is 0.219 e. The lowest BCUT2D eigenvalue weighted by Crippen LogP contribution is -2.59. The SMILES string of the molecule is O.OCC1OC(OCC2OC(O)(CO)C(O)C2O)C(O)C(O)C1O. The highest BCUT2D eigenvalue weighted by Gasteiger charge is 2.53. The van der Waals surface area contributed by atoms with E-state index in [1.165, 1.54) is 0 Å². The predicted octanol–water partition coefficient (Wildman–Crippen LogP) is -6.22. The van der Waals surface area contributed by atoms with Crippen LogP contribution in [0.1, 0.15) is 0 Å². The molecule has 2 heterocycles. The molecule has 0 aromatic rings. The number of hydrogen-bond acceptors (Lipinski definition) is 11. The predicted molar refractivity (Wildman–Crippen MR) is 72.3 cm³/mol. The molecule has 0 aromatic heterocycles. The van der Waals surface area contributed by atoms with Crippen LogP contribution in [-0.4, -0.2) is 121 Å². The lowest BCUT2D eigenvalue weighted by atomic mass is 9.99. The van der Waals surface area contributed by atoms with Crippen LogP contribution in [0.3, 0.4) is 0 Å². The molecule has 144 valence electrons. The molecule has 0 amide bonds. The summed E-state index contributed by atoms with van der Waals surface area (Å²) in [6, 6.07) is 0. The first-order valence-electron chi connectivity index (χ1n) is 7.04. The summed E-state index contributed by atoms with van der Waals surface area (Å²) < 4.78 is 15.2. The molecule has 0 spiro atoms. The van der Waals surface area contributed by atoms with Gasteiger partial charge in [0.25, 0.3) is 0 Å². The van der Waals surface area contributed by atoms with Crippen molar-refractivity contribution in [3.05, 3.63) is 0 Å². The topological polar surface area (TPSA) is 221 Å². The zero-order valence-electron chi connectivity index (χ0n) is 12.5. The molecule has 12 nitrogen and oxygen atoms in total. The molecule has 0 radical (unpaired) electrons. The van der Waals surface area contributed by atoms with Gasteiger partial charge in [0, 0.05) is 0 Å². The van der Waals surface area contributed by atoms with Crippen molar-refractivity contribution in [1.29, 1.82) is 0 Å². The van der Waals surface area contributed by atoms with E-state index in [2.05, 4.69) is 0 Å². The van der Waals surface area contributed by atoms with Crippen LogP contribution in [0.2, 0.25) is 0 Å². The Hall–Kier alpha value is -0.480. The summed E-state index contributed by atoms with van der Waals surface area (Å²) in [7, 11) is 0. The molecule has 0 saturated carbocycles. The molecule has 2 aliphatic heterocycles. The average Bonchev–Trinajstić information content (AvgIpc) is 2.77. The number of ether oxygens (including phenoxy) is 3. The van der Waals surface area contributed by atoms with Gasteiger partial charge in [-0.2, -0.15) is 0 Å². The van der Waals surface area contributed by atoms with Gasteiger partial charge in [-0.05, 0) is 0 Å². The van der Waals surface area contributed by atoms with Gasteiger partial charge in [-0.3, -0.25) is 0 Å². The Morgan fingerprint density at radius 2 is 1.50 bits per heavy atom. The Kier molecular flexibility index (Phi) is 7.43. The van der Waals surface area contributed by atoms with Crippen molar-refractivity contribution in [2.24, 2.45) is 0 Å². The molecule has 24 heavy (non-hydrogen) atoms. The largest absolute Gasteiger partial charge is 0.412 e. The van der Waals surface area contributed by atoms with E-state index >= 15 is 0 Å². The molecule has 10 N–H and O–H groups in total. The van der Waals surface area contributed by atoms with E-state index < -0.39 is 74.6 Å². The Balaban J connectivity index is 0.00000288. The summed E-state index contributed by atoms with van der Waals surface area (Å²) in [6.07, 6.45) is -12.0. The standard InChI is InChI=1S/C12H22O11.H2O/c13-1-4-6(15)8(17)9(18)11(22-4)21-2-5-7(16)10(19)12(20,3-14)23-5;/h4-11,13-20H,1-3H2;1H2. The van der Waals surface area contributed by atoms with Crippen LogP contribution in [0.5, 0.6) is 0 Å². The Bertz CT molecular complexity index is 394. The number of rotatable bonds is 5. The first-order chi connectivity index (χ1) is 10.7. The molecule has 12 heteroatoms. The third kappa shape index (κ3) is 3.85. The molecule has 9 atom stereocenters. The van der Waals surface area contributed by atoms with Crippen LogP contribution >= 0.6 is 0 Å². The highest BCUT2D eigenvalue weighted by atomic mass is 16.7. The number of aliphatic hydroxyl groups is 8. The molecule has 0 bridgehead atoms. The number of hydrogen-bond donors (Lipinski definition) is 8. The fourth-order valence-electron chi connectivity index (χ4n) is 2.53. The Morgan fingerprint density at radius 3 is 2.00 bits per heavy atom. The first-order valence-corrected chi connectivity index (χ1v) is 7.04. The summed E-state index contributed by atoms with van der Waals surface area (Å²) in [5.41, 5.74) is 0. The number of aliphatic hydroxyl groups excluding tert-OH is 7. The van der Waals surface area contributed by atoms with Crippen LogP contribution < -0.4 is 0 Å². The van der Waals surface area contributed by atoms with Crippen molar-refractivity contribution >= 4 is 0 Å². The van der Waals surface area contributed by atoms with Gasteiger partial charge in [0.15, 0.2) is 6.29 Å². The highest BCUT2D eigenvalue weighted by molar-refractivity contribution is 4.95. The summed E-state index contributed by atoms with van der Waals surface area (Å²) in [5.74, 6) is -2.34. The van der Waals surface area contributed by atoms with Crippen LogP contribution in [0.25, 0.3) is 0 Å². The molecule has 0 aromatic carbocycles. The quantitative estimate of drug-likeness (QED) is 0.230. The van der Waals surface area contributed by atoms with E-state index in [0.717, 1.165) is 0 Å². The third-order valence-electron chi connectivity index (χ3n) is 4.02. The molecule has 9 unspecified atom stereocenters. The van der Waals surface area contributed by atoms with E-state index in [9.17, 15) is 30.6 Å². The zero-order chi connectivity index (χ0) is 17.4. The van der Waals surface area contributed by atoms with Gasteiger partial charge in [0.2, 0.25) is 5.79 Å². The second kappa shape index (κ2) is 8.27. The molecular formula is C12H24O12. The van der Waals surface area contributed by atoms with Gasteiger partial charge in [0.05, 0.1) is 19.8 Å². The van der Waals surface area contributed by atoms with Crippen molar-refractivity contribution in [2.45, 2.75) is 54.8 Å². The molecule has 2 saturated heterocycles. The minimum absolute atomic E-state index is 0. The van der Waals surface area contributed by atoms with Crippen molar-refractivity contribution in [2.75, 3.05) is 19.8 Å². The van der Waals surface area contributed by atoms with Crippen LogP contribution in [-0.2, 0) is 14.2 Å². The average molecular weight is 360 g/mol. The first kappa shape index (κ1) is 21.6. The van der Waals surface area contributed by atoms with E-state index in [1.54, 1.807) is 0 Å². The normalized spacial score (nSPS) is 49.0. The van der Waals surface area contributed by atoms with Crippen molar-refractivity contribution in [3.63, 3.8) is 0 Å². The lowest BCUT2D eigenvalue weighted by Gasteiger charge is -2.39. The molecular weight excluding hydrogens is 336 g/mol. The van der Waals surface area contributed by atoms with Crippen LogP contribution in [0.15, 0.2) is 0 Å². The molecule has 2 fully saturated rings. The minimum atomic E-state index is -2.34. The maximum absolute atomic E-state index is 9.78. The van der Waals surface area contributed by atoms with E-state index in [0.29, 0.717) is 0 Å². The maximum atomic E-state index is 9.78. The van der Waals surface area contributed by atoms with Crippen LogP contribution in [0, 0.1) is 0 Å². The highest BCUT2D eigenvalue weighted by Crippen LogP contribution is 2.30. The van der Waals surface area contributed by atoms with Gasteiger partial charge in [-0.15, -0.1) is 0 Å². The molecule has 2 rings (SSSR count). The van der Waals surface area contributed by atoms with Gasteiger partial charge in [0.1, 0.15) is 42.7 Å². The van der Waals surface area contributed by atoms with Gasteiger partial charge in [-0.1, -0.05) is 0 Å². The summed E-state index contributed by atoms with van der Waals surface area (Å²) in [6.45, 7) is -2.05. The smallest absolute Gasteiger partial charge is 0.219 e. The fourth-order valence-corrected chi connectivity index (χ4v) is 2.53. The van der Waals surface area contributed by atoms with E-state index in [1.807, 2.05) is 0 Å². The minimum Gasteiger partial charge on any atom is -0.412 e. The summed E-state index contributed by atoms with van der Waals surface area (Å²) in [4.78, 5) is 0. The van der Waals surface area contributed by atoms with Crippen molar-refractivity contribution in [1.82, 2.24) is 0 Å². The monoisotopic (exact) mass is 360 g/mol. The fraction of sp³-hybridized carbons (Fsp3) is 1.00. The van der Waals surface area contributed by atoms with E-state index in [-0.39, 0.29) is 5.48 Å². The second-order valence-corrected chi connectivity index (χ2v) is 5.63. The zero-order valence-corrected chi connectivity index (χ0v) is 12.5. The van der Waals surface area contributed by atoms with Gasteiger partial charge >= 0.3 is 0 Å². The third-order valence-corrected chi connectivity index (χ3v) is 4.02. The van der Waals surface area contributed by atoms with Crippen LogP contribution in [0.4, 0.5) is 0 Å². The Morgan fingerprint density at radius 1 is 0.875 bits per heavy atom. The molecule has 2 aliphatic rings. The molecule has 0 aliphatic carbocycles.